The van der Waals surface area contributed by atoms with E-state index in [4.69, 9.17) is 14.0 Å². The fourth-order valence-electron chi connectivity index (χ4n) is 3.87. The van der Waals surface area contributed by atoms with Crippen LogP contribution in [0.2, 0.25) is 0 Å². The summed E-state index contributed by atoms with van der Waals surface area (Å²) in [5.41, 5.74) is -2.71. The molecule has 0 unspecified atom stereocenters. The second kappa shape index (κ2) is 11.2. The van der Waals surface area contributed by atoms with Crippen LogP contribution in [0.3, 0.4) is 0 Å². The summed E-state index contributed by atoms with van der Waals surface area (Å²) in [5, 5.41) is 11.4. The summed E-state index contributed by atoms with van der Waals surface area (Å²) in [6.07, 6.45) is -4.62. The summed E-state index contributed by atoms with van der Waals surface area (Å²) < 4.78 is 129. The molecular weight excluding hydrogens is 602 g/mol. The molecule has 2 aliphatic rings. The number of hydrogen-bond acceptors (Lipinski definition) is 6. The van der Waals surface area contributed by atoms with E-state index in [0.29, 0.717) is 38.3 Å². The van der Waals surface area contributed by atoms with Crippen LogP contribution in [0.15, 0.2) is 42.5 Å². The zero-order valence-electron chi connectivity index (χ0n) is 21.2. The molecule has 0 aliphatic carbocycles. The van der Waals surface area contributed by atoms with Crippen molar-refractivity contribution in [2.45, 2.75) is 19.4 Å². The number of nitro groups is 1. The van der Waals surface area contributed by atoms with Gasteiger partial charge in [0.1, 0.15) is 12.4 Å². The standard InChI is InChI=1S/C25H19F7N3O6P/c26-20-17(13-40-42(38,33-7-8-33)34-9-10-34)21(27)23(29)24(22(20)28)39-12-14-1-6-18(35(36)37)19(11-14)41-16-4-2-15(3-5-16)25(30,31)32/h1-6,11H,7-10,12-13H2. The number of rotatable bonds is 11. The van der Waals surface area contributed by atoms with Gasteiger partial charge < -0.3 is 14.0 Å². The van der Waals surface area contributed by atoms with E-state index in [2.05, 4.69) is 0 Å². The Hall–Kier alpha value is -3.72. The Labute approximate surface area is 232 Å². The normalized spacial score (nSPS) is 15.5. The molecule has 9 nitrogen and oxygen atoms in total. The van der Waals surface area contributed by atoms with Gasteiger partial charge in [-0.2, -0.15) is 22.0 Å². The van der Waals surface area contributed by atoms with Gasteiger partial charge in [0.05, 0.1) is 22.7 Å². The van der Waals surface area contributed by atoms with Crippen LogP contribution in [0.5, 0.6) is 17.2 Å². The first-order chi connectivity index (χ1) is 19.8. The maximum atomic E-state index is 14.8. The molecule has 224 valence electrons. The number of nitro benzene ring substituents is 1. The average Bonchev–Trinajstić information content (AvgIpc) is 3.84. The van der Waals surface area contributed by atoms with Crippen molar-refractivity contribution in [1.82, 2.24) is 9.34 Å². The van der Waals surface area contributed by atoms with Crippen LogP contribution in [-0.4, -0.2) is 40.4 Å². The number of nitrogens with zero attached hydrogens (tertiary/aromatic N) is 3. The molecule has 42 heavy (non-hydrogen) atoms. The van der Waals surface area contributed by atoms with Gasteiger partial charge in [0, 0.05) is 32.2 Å². The predicted octanol–water partition coefficient (Wildman–Crippen LogP) is 6.80. The monoisotopic (exact) mass is 621 g/mol. The molecule has 0 bridgehead atoms. The van der Waals surface area contributed by atoms with Crippen LogP contribution < -0.4 is 9.47 Å². The average molecular weight is 621 g/mol. The minimum atomic E-state index is -4.62. The Bertz CT molecular complexity index is 1540. The SMILES string of the molecule is O=[N+]([O-])c1ccc(COc2c(F)c(F)c(COP(=O)(N3CC3)N3CC3)c(F)c2F)cc1Oc1ccc(C(F)(F)F)cc1. The lowest BCUT2D eigenvalue weighted by atomic mass is 10.1. The van der Waals surface area contributed by atoms with E-state index in [0.717, 1.165) is 30.3 Å². The van der Waals surface area contributed by atoms with E-state index < -0.39 is 83.6 Å². The highest BCUT2D eigenvalue weighted by molar-refractivity contribution is 7.54. The van der Waals surface area contributed by atoms with Crippen LogP contribution >= 0.6 is 7.67 Å². The third kappa shape index (κ3) is 6.07. The van der Waals surface area contributed by atoms with Crippen molar-refractivity contribution >= 4 is 13.4 Å². The van der Waals surface area contributed by atoms with Crippen LogP contribution in [-0.2, 0) is 28.5 Å². The molecule has 2 fully saturated rings. The lowest BCUT2D eigenvalue weighted by Crippen LogP contribution is -2.12. The smallest absolute Gasteiger partial charge is 0.416 e. The summed E-state index contributed by atoms with van der Waals surface area (Å²) in [7, 11) is -3.55. The van der Waals surface area contributed by atoms with Crippen molar-refractivity contribution in [2.24, 2.45) is 0 Å². The quantitative estimate of drug-likeness (QED) is 0.0577. The maximum absolute atomic E-state index is 14.8. The minimum Gasteiger partial charge on any atom is -0.483 e. The highest BCUT2D eigenvalue weighted by Gasteiger charge is 2.49. The van der Waals surface area contributed by atoms with Gasteiger partial charge in [-0.1, -0.05) is 0 Å². The zero-order chi connectivity index (χ0) is 30.4. The number of halogens is 7. The largest absolute Gasteiger partial charge is 0.483 e. The molecule has 0 spiro atoms. The zero-order valence-corrected chi connectivity index (χ0v) is 22.1. The molecule has 0 saturated carbocycles. The third-order valence-corrected chi connectivity index (χ3v) is 8.96. The van der Waals surface area contributed by atoms with E-state index >= 15 is 0 Å². The van der Waals surface area contributed by atoms with E-state index in [9.17, 15) is 45.4 Å². The molecule has 5 rings (SSSR count). The van der Waals surface area contributed by atoms with E-state index in [-0.39, 0.29) is 11.3 Å². The van der Waals surface area contributed by atoms with Gasteiger partial charge >= 0.3 is 19.5 Å². The highest BCUT2D eigenvalue weighted by atomic mass is 31.2. The number of hydrogen-bond donors (Lipinski definition) is 0. The first-order valence-corrected chi connectivity index (χ1v) is 13.7. The van der Waals surface area contributed by atoms with Crippen molar-refractivity contribution in [2.75, 3.05) is 26.2 Å². The van der Waals surface area contributed by atoms with Crippen molar-refractivity contribution in [3.8, 4) is 17.2 Å². The minimum absolute atomic E-state index is 0.00700. The van der Waals surface area contributed by atoms with Crippen molar-refractivity contribution in [3.05, 3.63) is 92.5 Å². The van der Waals surface area contributed by atoms with Crippen LogP contribution in [0, 0.1) is 33.4 Å². The Morgan fingerprint density at radius 1 is 0.857 bits per heavy atom. The Kier molecular flexibility index (Phi) is 7.91. The van der Waals surface area contributed by atoms with Gasteiger partial charge in [-0.05, 0) is 42.0 Å². The fraction of sp³-hybridized carbons (Fsp3) is 0.280. The summed E-state index contributed by atoms with van der Waals surface area (Å²) in [6.45, 7) is -0.00394. The summed E-state index contributed by atoms with van der Waals surface area (Å²) in [6, 6.07) is 6.32. The maximum Gasteiger partial charge on any atom is 0.416 e. The van der Waals surface area contributed by atoms with Gasteiger partial charge in [-0.3, -0.25) is 14.7 Å². The number of benzene rings is 3. The topological polar surface area (TPSA) is 93.9 Å². The predicted molar refractivity (Wildman–Crippen MR) is 131 cm³/mol. The van der Waals surface area contributed by atoms with Gasteiger partial charge in [0.2, 0.25) is 17.4 Å². The molecule has 3 aromatic carbocycles. The van der Waals surface area contributed by atoms with Crippen molar-refractivity contribution in [1.29, 1.82) is 0 Å². The molecular formula is C25H19F7N3O6P. The molecule has 0 atom stereocenters. The van der Waals surface area contributed by atoms with E-state index in [1.165, 1.54) is 9.34 Å². The lowest BCUT2D eigenvalue weighted by molar-refractivity contribution is -0.385. The Morgan fingerprint density at radius 3 is 1.93 bits per heavy atom. The third-order valence-electron chi connectivity index (χ3n) is 6.27. The van der Waals surface area contributed by atoms with E-state index in [1.807, 2.05) is 0 Å². The van der Waals surface area contributed by atoms with E-state index in [1.54, 1.807) is 0 Å². The Morgan fingerprint density at radius 2 is 1.43 bits per heavy atom. The highest BCUT2D eigenvalue weighted by Crippen LogP contribution is 2.61. The first-order valence-electron chi connectivity index (χ1n) is 12.1. The summed E-state index contributed by atoms with van der Waals surface area (Å²) in [4.78, 5) is 10.6. The molecule has 0 radical (unpaired) electrons. The molecule has 3 aromatic rings. The molecule has 2 saturated heterocycles. The lowest BCUT2D eigenvalue weighted by Gasteiger charge is -2.20. The Balaban J connectivity index is 1.33. The molecule has 17 heteroatoms. The number of ether oxygens (including phenoxy) is 2. The summed E-state index contributed by atoms with van der Waals surface area (Å²) in [5.74, 6) is -9.46. The van der Waals surface area contributed by atoms with Crippen LogP contribution in [0.4, 0.5) is 36.4 Å². The fourth-order valence-corrected chi connectivity index (χ4v) is 6.04. The van der Waals surface area contributed by atoms with Crippen LogP contribution in [0.25, 0.3) is 0 Å². The molecule has 0 aromatic heterocycles. The van der Waals surface area contributed by atoms with Crippen LogP contribution in [0.1, 0.15) is 16.7 Å². The first kappa shape index (κ1) is 29.8. The van der Waals surface area contributed by atoms with Crippen molar-refractivity contribution in [3.63, 3.8) is 0 Å². The second-order valence-corrected chi connectivity index (χ2v) is 11.6. The number of alkyl halides is 3. The molecule has 2 heterocycles. The van der Waals surface area contributed by atoms with Gasteiger partial charge in [0.25, 0.3) is 0 Å². The van der Waals surface area contributed by atoms with Gasteiger partial charge in [-0.15, -0.1) is 0 Å². The van der Waals surface area contributed by atoms with Gasteiger partial charge in [0.15, 0.2) is 17.4 Å². The second-order valence-electron chi connectivity index (χ2n) is 9.21. The molecule has 0 amide bonds. The molecule has 2 aliphatic heterocycles. The molecule has 0 N–H and O–H groups in total. The van der Waals surface area contributed by atoms with Gasteiger partial charge in [-0.25, -0.2) is 18.1 Å². The van der Waals surface area contributed by atoms with Crippen molar-refractivity contribution < 1.29 is 54.2 Å². The summed E-state index contributed by atoms with van der Waals surface area (Å²) >= 11 is 0.